The number of aryl methyl sites for hydroxylation is 1. The molecule has 1 aliphatic heterocycles. The summed E-state index contributed by atoms with van der Waals surface area (Å²) in [7, 11) is 0. The molecule has 0 spiro atoms. The number of hydrogen-bond donors (Lipinski definition) is 3. The molecule has 0 aromatic heterocycles. The first kappa shape index (κ1) is 20.9. The third kappa shape index (κ3) is 4.58. The van der Waals surface area contributed by atoms with Crippen LogP contribution in [0.25, 0.3) is 0 Å². The Morgan fingerprint density at radius 2 is 1.90 bits per heavy atom. The lowest BCUT2D eigenvalue weighted by Crippen LogP contribution is -2.47. The second-order valence-electron chi connectivity index (χ2n) is 7.16. The van der Waals surface area contributed by atoms with Crippen LogP contribution in [0, 0.1) is 24.2 Å². The Morgan fingerprint density at radius 1 is 1.17 bits per heavy atom. The van der Waals surface area contributed by atoms with Crippen molar-refractivity contribution in [2.24, 2.45) is 5.92 Å². The van der Waals surface area contributed by atoms with Gasteiger partial charge in [-0.1, -0.05) is 42.5 Å². The number of hydrogen-bond acceptors (Lipinski definition) is 4. The second-order valence-corrected chi connectivity index (χ2v) is 7.16. The maximum Gasteiger partial charge on any atom is 0.326 e. The normalized spacial score (nSPS) is 20.3. The van der Waals surface area contributed by atoms with Gasteiger partial charge in [0, 0.05) is 5.69 Å². The van der Waals surface area contributed by atoms with Crippen molar-refractivity contribution in [1.82, 2.24) is 10.2 Å². The minimum Gasteiger partial charge on any atom is -0.480 e. The van der Waals surface area contributed by atoms with Gasteiger partial charge in [-0.15, -0.1) is 0 Å². The Bertz CT molecular complexity index is 986. The predicted molar refractivity (Wildman–Crippen MR) is 109 cm³/mol. The van der Waals surface area contributed by atoms with Crippen molar-refractivity contribution in [2.75, 3.05) is 11.9 Å². The molecule has 1 fully saturated rings. The molecule has 1 heterocycles. The smallest absolute Gasteiger partial charge is 0.326 e. The minimum atomic E-state index is -1.17. The summed E-state index contributed by atoms with van der Waals surface area (Å²) in [5.74, 6) is -2.39. The van der Waals surface area contributed by atoms with Gasteiger partial charge in [0.1, 0.15) is 6.04 Å². The molecule has 30 heavy (non-hydrogen) atoms. The standard InChI is InChI=1S/C22H22N4O4/c1-14-6-5-9-17(10-14)25-22(30)24-13-19(27)26-18(21(28)29)11-16(12-23)20(26)15-7-3-2-4-8-15/h2-10,16,18,20H,11,13H2,1H3,(H,28,29)(H2,24,25,30). The number of aliphatic carboxylic acids is 1. The van der Waals surface area contributed by atoms with Gasteiger partial charge in [0.05, 0.1) is 24.6 Å². The molecule has 3 unspecified atom stereocenters. The van der Waals surface area contributed by atoms with Gasteiger partial charge in [0.25, 0.3) is 0 Å². The fraction of sp³-hybridized carbons (Fsp3) is 0.273. The number of anilines is 1. The Kier molecular flexibility index (Phi) is 6.32. The van der Waals surface area contributed by atoms with Gasteiger partial charge in [0.15, 0.2) is 0 Å². The van der Waals surface area contributed by atoms with Gasteiger partial charge in [0.2, 0.25) is 5.91 Å². The fourth-order valence-corrected chi connectivity index (χ4v) is 3.73. The van der Waals surface area contributed by atoms with E-state index in [1.54, 1.807) is 48.5 Å². The molecule has 3 atom stereocenters. The number of likely N-dealkylation sites (tertiary alicyclic amines) is 1. The zero-order valence-corrected chi connectivity index (χ0v) is 16.4. The average molecular weight is 406 g/mol. The molecule has 1 saturated heterocycles. The Balaban J connectivity index is 1.74. The molecular formula is C22H22N4O4. The number of benzene rings is 2. The zero-order valence-electron chi connectivity index (χ0n) is 16.4. The topological polar surface area (TPSA) is 123 Å². The first-order chi connectivity index (χ1) is 14.4. The van der Waals surface area contributed by atoms with E-state index in [9.17, 15) is 24.8 Å². The number of nitrogens with one attached hydrogen (secondary N) is 2. The molecule has 3 rings (SSSR count). The monoisotopic (exact) mass is 406 g/mol. The van der Waals surface area contributed by atoms with Gasteiger partial charge in [-0.25, -0.2) is 9.59 Å². The van der Waals surface area contributed by atoms with Crippen LogP contribution in [0.1, 0.15) is 23.6 Å². The Hall–Kier alpha value is -3.86. The van der Waals surface area contributed by atoms with Crippen molar-refractivity contribution < 1.29 is 19.5 Å². The lowest BCUT2D eigenvalue weighted by molar-refractivity contribution is -0.149. The second kappa shape index (κ2) is 9.09. The molecule has 2 aromatic carbocycles. The summed E-state index contributed by atoms with van der Waals surface area (Å²) in [6.07, 6.45) is 0.0343. The number of nitriles is 1. The molecular weight excluding hydrogens is 384 g/mol. The molecule has 3 amide bonds. The third-order valence-electron chi connectivity index (χ3n) is 5.05. The van der Waals surface area contributed by atoms with Gasteiger partial charge in [-0.3, -0.25) is 4.79 Å². The Morgan fingerprint density at radius 3 is 2.53 bits per heavy atom. The van der Waals surface area contributed by atoms with E-state index in [4.69, 9.17) is 0 Å². The molecule has 1 aliphatic rings. The van der Waals surface area contributed by atoms with Gasteiger partial charge in [-0.05, 0) is 36.6 Å². The van der Waals surface area contributed by atoms with Crippen molar-refractivity contribution in [2.45, 2.75) is 25.4 Å². The molecule has 154 valence electrons. The van der Waals surface area contributed by atoms with E-state index in [-0.39, 0.29) is 13.0 Å². The minimum absolute atomic E-state index is 0.0343. The molecule has 3 N–H and O–H groups in total. The summed E-state index contributed by atoms with van der Waals surface area (Å²) >= 11 is 0. The van der Waals surface area contributed by atoms with Crippen molar-refractivity contribution in [3.05, 3.63) is 65.7 Å². The van der Waals surface area contributed by atoms with E-state index < -0.39 is 35.9 Å². The quantitative estimate of drug-likeness (QED) is 0.705. The van der Waals surface area contributed by atoms with Crippen molar-refractivity contribution in [3.8, 4) is 6.07 Å². The zero-order chi connectivity index (χ0) is 21.7. The van der Waals surface area contributed by atoms with Gasteiger partial charge < -0.3 is 20.6 Å². The maximum absolute atomic E-state index is 12.9. The van der Waals surface area contributed by atoms with E-state index in [1.165, 1.54) is 4.90 Å². The van der Waals surface area contributed by atoms with Crippen LogP contribution in [0.15, 0.2) is 54.6 Å². The highest BCUT2D eigenvalue weighted by atomic mass is 16.4. The van der Waals surface area contributed by atoms with Gasteiger partial charge >= 0.3 is 12.0 Å². The maximum atomic E-state index is 12.9. The number of carbonyl (C=O) groups excluding carboxylic acids is 2. The summed E-state index contributed by atoms with van der Waals surface area (Å²) in [5, 5.41) is 24.3. The van der Waals surface area contributed by atoms with Crippen molar-refractivity contribution >= 4 is 23.6 Å². The van der Waals surface area contributed by atoms with Crippen LogP contribution in [0.3, 0.4) is 0 Å². The van der Waals surface area contributed by atoms with Crippen LogP contribution in [0.4, 0.5) is 10.5 Å². The molecule has 2 aromatic rings. The number of carboxylic acids is 1. The first-order valence-corrected chi connectivity index (χ1v) is 9.50. The summed E-state index contributed by atoms with van der Waals surface area (Å²) in [4.78, 5) is 38.1. The average Bonchev–Trinajstić information content (AvgIpc) is 3.13. The SMILES string of the molecule is Cc1cccc(NC(=O)NCC(=O)N2C(C(=O)O)CC(C#N)C2c2ccccc2)c1. The summed E-state index contributed by atoms with van der Waals surface area (Å²) < 4.78 is 0. The molecule has 0 radical (unpaired) electrons. The lowest BCUT2D eigenvalue weighted by Gasteiger charge is -2.29. The Labute approximate surface area is 174 Å². The van der Waals surface area contributed by atoms with Crippen LogP contribution >= 0.6 is 0 Å². The molecule has 8 nitrogen and oxygen atoms in total. The fourth-order valence-electron chi connectivity index (χ4n) is 3.73. The first-order valence-electron chi connectivity index (χ1n) is 9.50. The largest absolute Gasteiger partial charge is 0.480 e. The van der Waals surface area contributed by atoms with Crippen LogP contribution in [-0.4, -0.2) is 40.5 Å². The molecule has 0 bridgehead atoms. The highest BCUT2D eigenvalue weighted by molar-refractivity contribution is 5.93. The summed E-state index contributed by atoms with van der Waals surface area (Å²) in [6, 6.07) is 15.8. The number of carbonyl (C=O) groups is 3. The summed E-state index contributed by atoms with van der Waals surface area (Å²) in [5.41, 5.74) is 2.24. The number of carboxylic acid groups (broad SMARTS) is 1. The highest BCUT2D eigenvalue weighted by Crippen LogP contribution is 2.40. The molecule has 0 saturated carbocycles. The van der Waals surface area contributed by atoms with Crippen molar-refractivity contribution in [3.63, 3.8) is 0 Å². The highest BCUT2D eigenvalue weighted by Gasteiger charge is 2.47. The van der Waals surface area contributed by atoms with E-state index >= 15 is 0 Å². The predicted octanol–water partition coefficient (Wildman–Crippen LogP) is 2.68. The van der Waals surface area contributed by atoms with Crippen LogP contribution in [0.2, 0.25) is 0 Å². The number of nitrogens with zero attached hydrogens (tertiary/aromatic N) is 2. The van der Waals surface area contributed by atoms with Crippen molar-refractivity contribution in [1.29, 1.82) is 5.26 Å². The van der Waals surface area contributed by atoms with E-state index in [0.29, 0.717) is 11.3 Å². The van der Waals surface area contributed by atoms with Gasteiger partial charge in [-0.2, -0.15) is 5.26 Å². The molecule has 0 aliphatic carbocycles. The van der Waals surface area contributed by atoms with E-state index in [1.807, 2.05) is 13.0 Å². The third-order valence-corrected chi connectivity index (χ3v) is 5.05. The van der Waals surface area contributed by atoms with E-state index in [0.717, 1.165) is 5.56 Å². The number of rotatable bonds is 5. The van der Waals surface area contributed by atoms with Crippen LogP contribution < -0.4 is 10.6 Å². The number of amides is 3. The summed E-state index contributed by atoms with van der Waals surface area (Å²) in [6.45, 7) is 1.50. The molecule has 8 heteroatoms. The van der Waals surface area contributed by atoms with Crippen LogP contribution in [-0.2, 0) is 9.59 Å². The number of urea groups is 1. The lowest BCUT2D eigenvalue weighted by atomic mass is 9.94. The van der Waals surface area contributed by atoms with Crippen LogP contribution in [0.5, 0.6) is 0 Å². The van der Waals surface area contributed by atoms with E-state index in [2.05, 4.69) is 16.7 Å².